The van der Waals surface area contributed by atoms with E-state index in [1.807, 2.05) is 24.9 Å². The third-order valence-corrected chi connectivity index (χ3v) is 2.30. The van der Waals surface area contributed by atoms with Crippen LogP contribution in [0.25, 0.3) is 0 Å². The maximum absolute atomic E-state index is 8.82. The Balaban J connectivity index is 2.81. The van der Waals surface area contributed by atoms with Gasteiger partial charge in [-0.25, -0.2) is 9.97 Å². The smallest absolute Gasteiger partial charge is 0.134 e. The lowest BCUT2D eigenvalue weighted by atomic mass is 10.3. The Bertz CT molecular complexity index is 354. The molecule has 5 nitrogen and oxygen atoms in total. The van der Waals surface area contributed by atoms with Gasteiger partial charge < -0.3 is 15.3 Å². The number of nitrogens with one attached hydrogen (secondary N) is 1. The summed E-state index contributed by atoms with van der Waals surface area (Å²) in [4.78, 5) is 10.7. The second-order valence-corrected chi connectivity index (χ2v) is 4.46. The number of hydrogen-bond acceptors (Lipinski definition) is 5. The van der Waals surface area contributed by atoms with Crippen molar-refractivity contribution in [3.63, 3.8) is 0 Å². The summed E-state index contributed by atoms with van der Waals surface area (Å²) in [5.74, 6) is 2.48. The molecular formula is C12H22N4O. The zero-order valence-electron chi connectivity index (χ0n) is 11.1. The molecule has 0 fully saturated rings. The van der Waals surface area contributed by atoms with Crippen molar-refractivity contribution in [1.82, 2.24) is 9.97 Å². The Labute approximate surface area is 103 Å². The van der Waals surface area contributed by atoms with Crippen LogP contribution in [-0.2, 0) is 0 Å². The van der Waals surface area contributed by atoms with Gasteiger partial charge in [0.25, 0.3) is 0 Å². The molecular weight excluding hydrogens is 216 g/mol. The van der Waals surface area contributed by atoms with Crippen LogP contribution in [0.15, 0.2) is 6.07 Å². The first kappa shape index (κ1) is 13.7. The van der Waals surface area contributed by atoms with Crippen LogP contribution in [-0.4, -0.2) is 41.3 Å². The van der Waals surface area contributed by atoms with Crippen molar-refractivity contribution in [1.29, 1.82) is 0 Å². The maximum atomic E-state index is 8.82. The monoisotopic (exact) mass is 238 g/mol. The first-order valence-corrected chi connectivity index (χ1v) is 5.97. The fourth-order valence-electron chi connectivity index (χ4n) is 1.54. The average Bonchev–Trinajstić information content (AvgIpc) is 2.24. The lowest BCUT2D eigenvalue weighted by Crippen LogP contribution is -2.22. The van der Waals surface area contributed by atoms with E-state index < -0.39 is 0 Å². The molecule has 0 saturated heterocycles. The van der Waals surface area contributed by atoms with Crippen LogP contribution in [0.3, 0.4) is 0 Å². The highest BCUT2D eigenvalue weighted by Gasteiger charge is 2.06. The molecule has 1 aromatic rings. The lowest BCUT2D eigenvalue weighted by Gasteiger charge is -2.19. The summed E-state index contributed by atoms with van der Waals surface area (Å²) in [6.45, 7) is 7.02. The van der Waals surface area contributed by atoms with Crippen LogP contribution in [0.2, 0.25) is 0 Å². The first-order valence-electron chi connectivity index (χ1n) is 5.97. The van der Waals surface area contributed by atoms with E-state index in [-0.39, 0.29) is 6.61 Å². The molecule has 0 spiro atoms. The number of aliphatic hydroxyl groups is 1. The van der Waals surface area contributed by atoms with Gasteiger partial charge in [-0.2, -0.15) is 0 Å². The molecule has 5 heteroatoms. The Kier molecular flexibility index (Phi) is 5.15. The lowest BCUT2D eigenvalue weighted by molar-refractivity contribution is 0.290. The van der Waals surface area contributed by atoms with E-state index in [1.54, 1.807) is 0 Å². The predicted octanol–water partition coefficient (Wildman–Crippen LogP) is 1.42. The van der Waals surface area contributed by atoms with E-state index >= 15 is 0 Å². The van der Waals surface area contributed by atoms with Crippen LogP contribution in [0.5, 0.6) is 0 Å². The summed E-state index contributed by atoms with van der Waals surface area (Å²) in [6, 6.07) is 2.28. The second kappa shape index (κ2) is 6.39. The molecule has 0 aliphatic carbocycles. The van der Waals surface area contributed by atoms with Crippen molar-refractivity contribution in [3.8, 4) is 0 Å². The number of anilines is 2. The molecule has 2 N–H and O–H groups in total. The van der Waals surface area contributed by atoms with Crippen LogP contribution in [0.4, 0.5) is 11.6 Å². The van der Waals surface area contributed by atoms with Crippen LogP contribution < -0.4 is 10.2 Å². The van der Waals surface area contributed by atoms with E-state index in [2.05, 4.69) is 29.1 Å². The maximum Gasteiger partial charge on any atom is 0.134 e. The summed E-state index contributed by atoms with van der Waals surface area (Å²) >= 11 is 0. The molecule has 0 amide bonds. The molecule has 0 aliphatic rings. The minimum Gasteiger partial charge on any atom is -0.396 e. The van der Waals surface area contributed by atoms with Gasteiger partial charge in [0.2, 0.25) is 0 Å². The van der Waals surface area contributed by atoms with E-state index in [1.165, 1.54) is 0 Å². The average molecular weight is 238 g/mol. The van der Waals surface area contributed by atoms with Crippen LogP contribution in [0.1, 0.15) is 26.1 Å². The van der Waals surface area contributed by atoms with E-state index in [9.17, 15) is 0 Å². The number of aromatic nitrogens is 2. The highest BCUT2D eigenvalue weighted by Crippen LogP contribution is 2.15. The van der Waals surface area contributed by atoms with Crippen molar-refractivity contribution >= 4 is 11.6 Å². The first-order chi connectivity index (χ1) is 8.02. The summed E-state index contributed by atoms with van der Waals surface area (Å²) in [6.07, 6.45) is 0.743. The molecule has 0 aromatic carbocycles. The SMILES string of the molecule is Cc1nc(NC(C)C)cc(N(C)CCCO)n1. The van der Waals surface area contributed by atoms with Crippen molar-refractivity contribution in [2.24, 2.45) is 0 Å². The van der Waals surface area contributed by atoms with Gasteiger partial charge in [0.15, 0.2) is 0 Å². The van der Waals surface area contributed by atoms with Crippen molar-refractivity contribution in [3.05, 3.63) is 11.9 Å². The minimum atomic E-state index is 0.200. The van der Waals surface area contributed by atoms with Gasteiger partial charge in [-0.3, -0.25) is 0 Å². The molecule has 0 aliphatic heterocycles. The zero-order chi connectivity index (χ0) is 12.8. The van der Waals surface area contributed by atoms with Gasteiger partial charge in [0.05, 0.1) is 0 Å². The molecule has 0 atom stereocenters. The number of hydrogen-bond donors (Lipinski definition) is 2. The molecule has 1 aromatic heterocycles. The summed E-state index contributed by atoms with van der Waals surface area (Å²) < 4.78 is 0. The molecule has 1 heterocycles. The van der Waals surface area contributed by atoms with Gasteiger partial charge in [-0.1, -0.05) is 0 Å². The van der Waals surface area contributed by atoms with Crippen molar-refractivity contribution < 1.29 is 5.11 Å². The van der Waals surface area contributed by atoms with E-state index in [0.29, 0.717) is 6.04 Å². The van der Waals surface area contributed by atoms with Gasteiger partial charge >= 0.3 is 0 Å². The minimum absolute atomic E-state index is 0.200. The summed E-state index contributed by atoms with van der Waals surface area (Å²) in [7, 11) is 1.97. The topological polar surface area (TPSA) is 61.3 Å². The quantitative estimate of drug-likeness (QED) is 0.785. The normalized spacial score (nSPS) is 10.7. The number of nitrogens with zero attached hydrogens (tertiary/aromatic N) is 3. The molecule has 0 bridgehead atoms. The molecule has 17 heavy (non-hydrogen) atoms. The van der Waals surface area contributed by atoms with Crippen LogP contribution >= 0.6 is 0 Å². The third kappa shape index (κ3) is 4.56. The summed E-state index contributed by atoms with van der Waals surface area (Å²) in [5.41, 5.74) is 0. The number of aryl methyl sites for hydroxylation is 1. The molecule has 0 saturated carbocycles. The van der Waals surface area contributed by atoms with Gasteiger partial charge in [-0.05, 0) is 27.2 Å². The summed E-state index contributed by atoms with van der Waals surface area (Å²) in [5, 5.41) is 12.1. The number of aliphatic hydroxyl groups excluding tert-OH is 1. The van der Waals surface area contributed by atoms with Gasteiger partial charge in [0, 0.05) is 32.3 Å². The molecule has 1 rings (SSSR count). The fraction of sp³-hybridized carbons (Fsp3) is 0.667. The Morgan fingerprint density at radius 1 is 1.41 bits per heavy atom. The Morgan fingerprint density at radius 3 is 2.71 bits per heavy atom. The molecule has 96 valence electrons. The standard InChI is InChI=1S/C12H22N4O/c1-9(2)13-11-8-12(15-10(3)14-11)16(4)6-5-7-17/h8-9,17H,5-7H2,1-4H3,(H,13,14,15). The number of rotatable bonds is 6. The zero-order valence-corrected chi connectivity index (χ0v) is 11.1. The Hall–Kier alpha value is -1.36. The molecule has 0 unspecified atom stereocenters. The van der Waals surface area contributed by atoms with Crippen LogP contribution in [0, 0.1) is 6.92 Å². The largest absolute Gasteiger partial charge is 0.396 e. The highest BCUT2D eigenvalue weighted by atomic mass is 16.3. The van der Waals surface area contributed by atoms with E-state index in [4.69, 9.17) is 5.11 Å². The molecule has 0 radical (unpaired) electrons. The van der Waals surface area contributed by atoms with Gasteiger partial charge in [-0.15, -0.1) is 0 Å². The van der Waals surface area contributed by atoms with Gasteiger partial charge in [0.1, 0.15) is 17.5 Å². The third-order valence-electron chi connectivity index (χ3n) is 2.30. The second-order valence-electron chi connectivity index (χ2n) is 4.46. The highest BCUT2D eigenvalue weighted by molar-refractivity contribution is 5.49. The Morgan fingerprint density at radius 2 is 2.12 bits per heavy atom. The van der Waals surface area contributed by atoms with Crippen molar-refractivity contribution in [2.75, 3.05) is 30.4 Å². The van der Waals surface area contributed by atoms with Crippen molar-refractivity contribution in [2.45, 2.75) is 33.2 Å². The fourth-order valence-corrected chi connectivity index (χ4v) is 1.54. The predicted molar refractivity (Wildman–Crippen MR) is 70.5 cm³/mol. The van der Waals surface area contributed by atoms with E-state index in [0.717, 1.165) is 30.4 Å².